The minimum absolute atomic E-state index is 0.0292. The van der Waals surface area contributed by atoms with Crippen molar-refractivity contribution in [3.8, 4) is 11.8 Å². The summed E-state index contributed by atoms with van der Waals surface area (Å²) in [4.78, 5) is 77.1. The second-order valence-electron chi connectivity index (χ2n) is 16.1. The van der Waals surface area contributed by atoms with Crippen LogP contribution in [-0.4, -0.2) is 101 Å². The molecule has 1 unspecified atom stereocenters. The molecule has 9 rings (SSSR count). The van der Waals surface area contributed by atoms with Crippen molar-refractivity contribution in [3.63, 3.8) is 0 Å². The fraction of sp³-hybridized carbons (Fsp3) is 0.465. The van der Waals surface area contributed by atoms with E-state index in [0.717, 1.165) is 80.9 Å². The maximum Gasteiger partial charge on any atom is 0.264 e. The smallest absolute Gasteiger partial charge is 0.264 e. The van der Waals surface area contributed by atoms with Gasteiger partial charge in [-0.3, -0.25) is 34.2 Å². The number of carbonyl (C=O) groups is 5. The zero-order valence-corrected chi connectivity index (χ0v) is 32.8. The van der Waals surface area contributed by atoms with Gasteiger partial charge in [-0.2, -0.15) is 5.26 Å². The van der Waals surface area contributed by atoms with E-state index in [2.05, 4.69) is 21.2 Å². The summed E-state index contributed by atoms with van der Waals surface area (Å²) in [5, 5.41) is 11.8. The summed E-state index contributed by atoms with van der Waals surface area (Å²) < 4.78 is 12.8. The third-order valence-electron chi connectivity index (χ3n) is 12.6. The summed E-state index contributed by atoms with van der Waals surface area (Å²) >= 11 is 6.19. The molecule has 1 aromatic heterocycles. The lowest BCUT2D eigenvalue weighted by Crippen LogP contribution is -2.54. The van der Waals surface area contributed by atoms with Crippen LogP contribution in [-0.2, 0) is 20.9 Å². The Balaban J connectivity index is 0.743. The average molecular weight is 806 g/mol. The molecule has 1 aliphatic carbocycles. The first kappa shape index (κ1) is 38.0. The highest BCUT2D eigenvalue weighted by Gasteiger charge is 2.46. The van der Waals surface area contributed by atoms with Crippen molar-refractivity contribution in [2.45, 2.75) is 101 Å². The molecule has 0 spiro atoms. The van der Waals surface area contributed by atoms with E-state index in [1.54, 1.807) is 30.3 Å². The number of piperidine rings is 3. The lowest BCUT2D eigenvalue weighted by molar-refractivity contribution is -0.136. The molecule has 5 aliphatic heterocycles. The first-order chi connectivity index (χ1) is 28.1. The molecule has 300 valence electrons. The summed E-state index contributed by atoms with van der Waals surface area (Å²) in [6, 6.07) is 15.5. The first-order valence-electron chi connectivity index (χ1n) is 20.3. The molecule has 1 N–H and O–H groups in total. The highest BCUT2D eigenvalue weighted by molar-refractivity contribution is 6.31. The number of hydrogen-bond donors (Lipinski definition) is 1. The Hall–Kier alpha value is -5.52. The van der Waals surface area contributed by atoms with Gasteiger partial charge in [-0.25, -0.2) is 4.98 Å². The Labute approximate surface area is 341 Å². The Kier molecular flexibility index (Phi) is 10.3. The molecule has 1 atom stereocenters. The largest absolute Gasteiger partial charge is 0.490 e. The van der Waals surface area contributed by atoms with E-state index in [0.29, 0.717) is 52.8 Å². The van der Waals surface area contributed by atoms with E-state index < -0.39 is 29.7 Å². The number of halogens is 1. The molecule has 6 heterocycles. The van der Waals surface area contributed by atoms with E-state index in [4.69, 9.17) is 31.3 Å². The molecule has 2 aromatic carbocycles. The van der Waals surface area contributed by atoms with Crippen molar-refractivity contribution >= 4 is 52.6 Å². The van der Waals surface area contributed by atoms with E-state index >= 15 is 0 Å². The number of nitrogens with zero attached hydrogens (tertiary/aromatic N) is 6. The van der Waals surface area contributed by atoms with Gasteiger partial charge in [0.05, 0.1) is 63.5 Å². The fourth-order valence-electron chi connectivity index (χ4n) is 9.48. The number of hydrogen-bond acceptors (Lipinski definition) is 11. The number of ether oxygens (including phenoxy) is 2. The minimum atomic E-state index is -0.997. The first-order valence-corrected chi connectivity index (χ1v) is 20.7. The predicted octanol–water partition coefficient (Wildman–Crippen LogP) is 5.01. The third kappa shape index (κ3) is 7.15. The van der Waals surface area contributed by atoms with Gasteiger partial charge in [-0.1, -0.05) is 17.7 Å². The van der Waals surface area contributed by atoms with Crippen molar-refractivity contribution in [2.75, 3.05) is 36.0 Å². The molecule has 58 heavy (non-hydrogen) atoms. The molecule has 0 bridgehead atoms. The molecule has 5 amide bonds. The van der Waals surface area contributed by atoms with Gasteiger partial charge in [0.1, 0.15) is 23.7 Å². The number of imide groups is 2. The lowest BCUT2D eigenvalue weighted by Gasteiger charge is -2.38. The number of amides is 5. The summed E-state index contributed by atoms with van der Waals surface area (Å²) in [5.41, 5.74) is 3.23. The molecule has 3 aromatic rings. The summed E-state index contributed by atoms with van der Waals surface area (Å²) in [5.74, 6) is -0.424. The second kappa shape index (κ2) is 15.7. The van der Waals surface area contributed by atoms with Gasteiger partial charge >= 0.3 is 0 Å². The minimum Gasteiger partial charge on any atom is -0.490 e. The Morgan fingerprint density at radius 1 is 0.759 bits per heavy atom. The highest BCUT2D eigenvalue weighted by atomic mass is 35.5. The molecule has 15 heteroatoms. The Morgan fingerprint density at radius 2 is 1.48 bits per heavy atom. The van der Waals surface area contributed by atoms with Crippen LogP contribution in [0.1, 0.15) is 107 Å². The maximum atomic E-state index is 13.6. The van der Waals surface area contributed by atoms with Crippen LogP contribution in [0.25, 0.3) is 0 Å². The number of fused-ring (bicyclic) bond motifs is 2. The quantitative estimate of drug-likeness (QED) is 0.305. The van der Waals surface area contributed by atoms with Gasteiger partial charge in [-0.15, -0.1) is 0 Å². The molecule has 0 radical (unpaired) electrons. The molecule has 1 saturated carbocycles. The molecular weight excluding hydrogens is 762 g/mol. The van der Waals surface area contributed by atoms with Crippen molar-refractivity contribution in [2.24, 2.45) is 0 Å². The number of pyridine rings is 1. The number of carbonyl (C=O) groups excluding carboxylic acids is 5. The van der Waals surface area contributed by atoms with Gasteiger partial charge in [0.15, 0.2) is 0 Å². The molecule has 6 aliphatic rings. The van der Waals surface area contributed by atoms with Crippen LogP contribution in [0.2, 0.25) is 5.02 Å². The number of aromatic nitrogens is 1. The van der Waals surface area contributed by atoms with Crippen LogP contribution < -0.4 is 19.9 Å². The van der Waals surface area contributed by atoms with Crippen LogP contribution in [0.4, 0.5) is 11.5 Å². The standard InChI is InChI=1S/C43H44ClN7O7/c44-33-22-30(7-4-25(33)23-45)58-27-8-5-26(6-9-27)50-24-34-31(41(50)54)10-12-37(46-34)49-20-16-29(17-21-49)57-28-14-18-48(19-15-28)35-3-1-2-32-39(35)43(56)51(42(32)55)36-11-13-38(52)47-40(36)53/h1-4,7,10,12,22,26-29,36H,5-6,8-9,11,13-21,24H2,(H,47,52,53)/t26-,27-,36?. The van der Waals surface area contributed by atoms with Gasteiger partial charge in [-0.05, 0) is 94.2 Å². The van der Waals surface area contributed by atoms with Crippen LogP contribution in [0.15, 0.2) is 48.5 Å². The molecule has 3 saturated heterocycles. The van der Waals surface area contributed by atoms with Crippen LogP contribution in [0, 0.1) is 11.3 Å². The monoisotopic (exact) mass is 805 g/mol. The van der Waals surface area contributed by atoms with E-state index in [9.17, 15) is 24.0 Å². The summed E-state index contributed by atoms with van der Waals surface area (Å²) in [6.07, 6.45) is 7.04. The van der Waals surface area contributed by atoms with Crippen molar-refractivity contribution < 1.29 is 33.4 Å². The number of rotatable bonds is 8. The van der Waals surface area contributed by atoms with Crippen LogP contribution in [0.3, 0.4) is 0 Å². The summed E-state index contributed by atoms with van der Waals surface area (Å²) in [6.45, 7) is 3.44. The average Bonchev–Trinajstić information content (AvgIpc) is 3.70. The zero-order chi connectivity index (χ0) is 40.1. The SMILES string of the molecule is N#Cc1ccc(O[C@H]2CC[C@H](N3Cc4nc(N5CCC(OC6CCN(c7cccc8c7C(=O)N(C7CCC(=O)NC7=O)C8=O)CC6)CC5)ccc4C3=O)CC2)cc1Cl. The molecule has 14 nitrogen and oxygen atoms in total. The van der Waals surface area contributed by atoms with Crippen LogP contribution >= 0.6 is 11.6 Å². The Morgan fingerprint density at radius 3 is 2.17 bits per heavy atom. The van der Waals surface area contributed by atoms with Crippen molar-refractivity contribution in [3.05, 3.63) is 81.5 Å². The second-order valence-corrected chi connectivity index (χ2v) is 16.5. The van der Waals surface area contributed by atoms with E-state index in [1.807, 2.05) is 23.1 Å². The van der Waals surface area contributed by atoms with Gasteiger partial charge in [0.25, 0.3) is 17.7 Å². The molecular formula is C43H44ClN7O7. The number of nitrogens with one attached hydrogen (secondary N) is 1. The van der Waals surface area contributed by atoms with E-state index in [1.165, 1.54) is 0 Å². The fourth-order valence-corrected chi connectivity index (χ4v) is 9.69. The number of benzene rings is 2. The summed E-state index contributed by atoms with van der Waals surface area (Å²) in [7, 11) is 0. The lowest BCUT2D eigenvalue weighted by atomic mass is 9.92. The normalized spacial score (nSPS) is 24.2. The van der Waals surface area contributed by atoms with Crippen molar-refractivity contribution in [1.29, 1.82) is 5.26 Å². The zero-order valence-electron chi connectivity index (χ0n) is 32.0. The van der Waals surface area contributed by atoms with E-state index in [-0.39, 0.29) is 48.7 Å². The maximum absolute atomic E-state index is 13.6. The number of anilines is 2. The highest BCUT2D eigenvalue weighted by Crippen LogP contribution is 2.37. The number of nitriles is 1. The van der Waals surface area contributed by atoms with Gasteiger partial charge in [0, 0.05) is 44.7 Å². The van der Waals surface area contributed by atoms with Gasteiger partial charge in [0.2, 0.25) is 11.8 Å². The predicted molar refractivity (Wildman–Crippen MR) is 212 cm³/mol. The Bertz CT molecular complexity index is 2220. The van der Waals surface area contributed by atoms with Crippen molar-refractivity contribution in [1.82, 2.24) is 20.1 Å². The third-order valence-corrected chi connectivity index (χ3v) is 12.9. The van der Waals surface area contributed by atoms with Gasteiger partial charge < -0.3 is 24.2 Å². The topological polar surface area (TPSA) is 165 Å². The molecule has 4 fully saturated rings. The van der Waals surface area contributed by atoms with Crippen LogP contribution in [0.5, 0.6) is 5.75 Å².